The number of carboxylic acids is 1. The highest BCUT2D eigenvalue weighted by Gasteiger charge is 2.71. The number of fused-ring (bicyclic) bond motifs is 7. The number of esters is 1. The number of allylic oxidation sites excluding steroid dienone is 2. The van der Waals surface area contributed by atoms with Crippen molar-refractivity contribution in [3.05, 3.63) is 11.6 Å². The SMILES string of the molecule is C[C@@H]1O[C@@H](O[C@@H]2[C@@H](O)[C@H](O[C@H]3CC[C@]4(C)[C@H]5CC=C6[C@@H]7CC(C)(C)[C@@H](O)C[C@]7(C(=O)O[C@@H]7O[C@H](CO)[C@@H](O)[C@H](O)[C@H]7O)CC[C@@]6(C)[C@]5(C)CC[C@H]4C3(C)C)O[C@H](C(=O)O)[C@H]2O)[C@H](O)[C@H](O)[C@H]1O. The first kappa shape index (κ1) is 51.4. The zero-order valence-electron chi connectivity index (χ0n) is 39.9. The van der Waals surface area contributed by atoms with Crippen LogP contribution in [0.25, 0.3) is 0 Å². The van der Waals surface area contributed by atoms with E-state index in [0.29, 0.717) is 32.1 Å². The van der Waals surface area contributed by atoms with Crippen molar-refractivity contribution in [2.75, 3.05) is 6.61 Å². The minimum absolute atomic E-state index is 0.0872. The summed E-state index contributed by atoms with van der Waals surface area (Å²) in [6, 6.07) is 0. The Balaban J connectivity index is 1.04. The summed E-state index contributed by atoms with van der Waals surface area (Å²) in [6.07, 6.45) is -18.2. The fraction of sp³-hybridized carbons (Fsp3) is 0.917. The number of hydrogen-bond donors (Lipinski definition) is 11. The molecule has 24 atom stereocenters. The van der Waals surface area contributed by atoms with E-state index < -0.39 is 139 Å². The maximum absolute atomic E-state index is 14.7. The van der Waals surface area contributed by atoms with Crippen LogP contribution in [0.1, 0.15) is 113 Å². The fourth-order valence-electron chi connectivity index (χ4n) is 15.0. The Morgan fingerprint density at radius 1 is 0.687 bits per heavy atom. The van der Waals surface area contributed by atoms with Crippen LogP contribution in [-0.2, 0) is 38.0 Å². The number of rotatable bonds is 8. The van der Waals surface area contributed by atoms with Crippen LogP contribution in [0.4, 0.5) is 0 Å². The van der Waals surface area contributed by atoms with Gasteiger partial charge < -0.3 is 84.6 Å². The fourth-order valence-corrected chi connectivity index (χ4v) is 15.0. The van der Waals surface area contributed by atoms with E-state index in [9.17, 15) is 65.8 Å². The third-order valence-corrected chi connectivity index (χ3v) is 19.4. The number of hydrogen-bond acceptors (Lipinski definition) is 18. The number of ether oxygens (including phenoxy) is 6. The Labute approximate surface area is 391 Å². The van der Waals surface area contributed by atoms with E-state index in [4.69, 9.17) is 28.4 Å². The van der Waals surface area contributed by atoms with Crippen molar-refractivity contribution >= 4 is 11.9 Å². The third-order valence-electron chi connectivity index (χ3n) is 19.4. The first-order valence-electron chi connectivity index (χ1n) is 24.3. The van der Waals surface area contributed by atoms with Gasteiger partial charge in [0.2, 0.25) is 6.29 Å². The first-order valence-corrected chi connectivity index (χ1v) is 24.3. The molecule has 382 valence electrons. The van der Waals surface area contributed by atoms with E-state index in [1.165, 1.54) is 6.92 Å². The highest BCUT2D eigenvalue weighted by Crippen LogP contribution is 2.76. The van der Waals surface area contributed by atoms with E-state index in [-0.39, 0.29) is 40.4 Å². The largest absolute Gasteiger partial charge is 0.479 e. The monoisotopic (exact) mass is 956 g/mol. The van der Waals surface area contributed by atoms with Gasteiger partial charge in [-0.2, -0.15) is 0 Å². The highest BCUT2D eigenvalue weighted by molar-refractivity contribution is 5.79. The van der Waals surface area contributed by atoms with Crippen molar-refractivity contribution in [3.63, 3.8) is 0 Å². The number of aliphatic carboxylic acids is 1. The van der Waals surface area contributed by atoms with Crippen LogP contribution in [-0.4, -0.2) is 179 Å². The Kier molecular flexibility index (Phi) is 13.6. The Bertz CT molecular complexity index is 1890. The van der Waals surface area contributed by atoms with Crippen LogP contribution in [0.2, 0.25) is 0 Å². The molecular formula is C48H76O19. The quantitative estimate of drug-likeness (QED) is 0.0882. The Hall–Kier alpha value is -1.92. The van der Waals surface area contributed by atoms with E-state index in [0.717, 1.165) is 24.8 Å². The number of carbonyl (C=O) groups excluding carboxylic acids is 1. The molecule has 7 fully saturated rings. The molecule has 19 heteroatoms. The summed E-state index contributed by atoms with van der Waals surface area (Å²) >= 11 is 0. The first-order chi connectivity index (χ1) is 31.1. The molecule has 8 aliphatic rings. The molecular weight excluding hydrogens is 881 g/mol. The lowest BCUT2D eigenvalue weighted by molar-refractivity contribution is -0.363. The van der Waals surface area contributed by atoms with Crippen LogP contribution < -0.4 is 0 Å². The Morgan fingerprint density at radius 3 is 1.99 bits per heavy atom. The molecule has 8 rings (SSSR count). The predicted octanol–water partition coefficient (Wildman–Crippen LogP) is 0.231. The average Bonchev–Trinajstić information content (AvgIpc) is 3.25. The lowest BCUT2D eigenvalue weighted by Gasteiger charge is -2.71. The molecule has 0 aromatic carbocycles. The summed E-state index contributed by atoms with van der Waals surface area (Å²) < 4.78 is 35.3. The zero-order valence-corrected chi connectivity index (χ0v) is 39.9. The summed E-state index contributed by atoms with van der Waals surface area (Å²) in [5, 5.41) is 117. The maximum Gasteiger partial charge on any atom is 0.335 e. The lowest BCUT2D eigenvalue weighted by Crippen LogP contribution is -2.67. The summed E-state index contributed by atoms with van der Waals surface area (Å²) in [7, 11) is 0. The van der Waals surface area contributed by atoms with Crippen LogP contribution in [0, 0.1) is 50.2 Å². The molecule has 0 bridgehead atoms. The molecule has 3 heterocycles. The lowest BCUT2D eigenvalue weighted by atomic mass is 9.33. The summed E-state index contributed by atoms with van der Waals surface area (Å²) in [5.41, 5.74) is -1.98. The molecule has 0 amide bonds. The zero-order chi connectivity index (χ0) is 49.3. The molecule has 0 unspecified atom stereocenters. The predicted molar refractivity (Wildman–Crippen MR) is 231 cm³/mol. The van der Waals surface area contributed by atoms with E-state index in [2.05, 4.69) is 40.7 Å². The Morgan fingerprint density at radius 2 is 1.33 bits per heavy atom. The second-order valence-corrected chi connectivity index (χ2v) is 23.5. The molecule has 0 radical (unpaired) electrons. The van der Waals surface area contributed by atoms with Crippen molar-refractivity contribution in [1.29, 1.82) is 0 Å². The van der Waals surface area contributed by atoms with Crippen LogP contribution in [0.5, 0.6) is 0 Å². The highest BCUT2D eigenvalue weighted by atomic mass is 16.7. The van der Waals surface area contributed by atoms with Gasteiger partial charge in [-0.15, -0.1) is 0 Å². The van der Waals surface area contributed by atoms with Crippen molar-refractivity contribution in [1.82, 2.24) is 0 Å². The van der Waals surface area contributed by atoms with Crippen LogP contribution in [0.15, 0.2) is 11.6 Å². The van der Waals surface area contributed by atoms with Gasteiger partial charge in [0, 0.05) is 0 Å². The normalized spacial score (nSPS) is 53.7. The van der Waals surface area contributed by atoms with Gasteiger partial charge in [-0.05, 0) is 110 Å². The maximum atomic E-state index is 14.7. The number of aliphatic hydroxyl groups excluding tert-OH is 10. The number of carbonyl (C=O) groups is 2. The molecule has 3 saturated heterocycles. The topological polar surface area (TPSA) is 312 Å². The van der Waals surface area contributed by atoms with Crippen molar-refractivity contribution in [3.8, 4) is 0 Å². The van der Waals surface area contributed by atoms with Gasteiger partial charge in [-0.3, -0.25) is 4.79 Å². The van der Waals surface area contributed by atoms with Crippen molar-refractivity contribution < 1.29 is 94.2 Å². The van der Waals surface area contributed by atoms with E-state index >= 15 is 0 Å². The van der Waals surface area contributed by atoms with Crippen molar-refractivity contribution in [2.45, 2.75) is 218 Å². The molecule has 67 heavy (non-hydrogen) atoms. The van der Waals surface area contributed by atoms with E-state index in [1.807, 2.05) is 13.8 Å². The number of carboxylic acid groups (broad SMARTS) is 1. The van der Waals surface area contributed by atoms with Crippen LogP contribution in [0.3, 0.4) is 0 Å². The molecule has 0 aromatic rings. The molecule has 0 spiro atoms. The summed E-state index contributed by atoms with van der Waals surface area (Å²) in [6.45, 7) is 16.0. The van der Waals surface area contributed by atoms with Gasteiger partial charge in [-0.1, -0.05) is 60.1 Å². The van der Waals surface area contributed by atoms with Gasteiger partial charge in [0.1, 0.15) is 61.0 Å². The molecule has 19 nitrogen and oxygen atoms in total. The molecule has 11 N–H and O–H groups in total. The molecule has 3 aliphatic heterocycles. The minimum Gasteiger partial charge on any atom is -0.479 e. The molecule has 5 aliphatic carbocycles. The van der Waals surface area contributed by atoms with Crippen LogP contribution >= 0.6 is 0 Å². The number of aliphatic hydroxyl groups is 10. The van der Waals surface area contributed by atoms with Gasteiger partial charge in [-0.25, -0.2) is 4.79 Å². The van der Waals surface area contributed by atoms with Gasteiger partial charge in [0.15, 0.2) is 18.7 Å². The standard InChI is InChI=1S/C48H76O19/c1-20-28(51)30(53)32(55)39(62-20)65-36-34(57)37(38(59)60)66-41(35(36)58)64-27-12-13-45(6)24(44(27,4)5)11-14-47(8)25(45)10-9-21-22-17-43(2,3)26(50)18-48(22,16-15-46(21,47)7)42(61)67-40-33(56)31(54)29(52)23(19-49)63-40/h9,20,22-37,39-41,49-58H,10-19H2,1-8H3,(H,59,60)/t20-,22-,23+,24-,25+,26-,27-,28-,29+,30+,31-,32+,33+,34-,35+,36-,37-,39-,40-,41+,45-,46+,47+,48+/m0/s1. The van der Waals surface area contributed by atoms with Gasteiger partial charge >= 0.3 is 11.9 Å². The third kappa shape index (κ3) is 7.88. The average molecular weight is 957 g/mol. The van der Waals surface area contributed by atoms with Gasteiger partial charge in [0.05, 0.1) is 30.3 Å². The van der Waals surface area contributed by atoms with E-state index in [1.54, 1.807) is 0 Å². The molecule has 0 aromatic heterocycles. The minimum atomic E-state index is -1.92. The smallest absolute Gasteiger partial charge is 0.335 e. The summed E-state index contributed by atoms with van der Waals surface area (Å²) in [5.74, 6) is -2.26. The summed E-state index contributed by atoms with van der Waals surface area (Å²) in [4.78, 5) is 27.1. The molecule has 4 saturated carbocycles. The van der Waals surface area contributed by atoms with Crippen molar-refractivity contribution in [2.24, 2.45) is 50.2 Å². The second kappa shape index (κ2) is 17.7. The second-order valence-electron chi connectivity index (χ2n) is 23.5. The van der Waals surface area contributed by atoms with Gasteiger partial charge in [0.25, 0.3) is 0 Å².